The van der Waals surface area contributed by atoms with Crippen LogP contribution in [0.15, 0.2) is 4.99 Å². The molecule has 0 radical (unpaired) electrons. The van der Waals surface area contributed by atoms with Crippen molar-refractivity contribution in [2.24, 2.45) is 4.99 Å². The van der Waals surface area contributed by atoms with Gasteiger partial charge in [0, 0.05) is 25.7 Å². The summed E-state index contributed by atoms with van der Waals surface area (Å²) >= 11 is 0. The molecule has 0 aromatic carbocycles. The molecule has 16 heteroatoms. The number of carbonyl (C=O) groups excluding carboxylic acids is 5. The SMILES string of the molecule is CC(CCNCCCCNC(=O)C(O)C(=O)NCCCCCCN=C(NC(=O)OC(C)(C)C)NC(=O)OC(C)(C)C)NC(=O)OC(C)(C)C. The number of hydrogen-bond acceptors (Lipinski definition) is 11. The Morgan fingerprint density at radius 2 is 1.04 bits per heavy atom. The summed E-state index contributed by atoms with van der Waals surface area (Å²) in [7, 11) is 0. The Bertz CT molecular complexity index is 1030. The monoisotopic (exact) mass is 701 g/mol. The van der Waals surface area contributed by atoms with E-state index in [1.165, 1.54) is 0 Å². The number of carbonyl (C=O) groups is 5. The number of ether oxygens (including phenoxy) is 3. The molecule has 0 fully saturated rings. The van der Waals surface area contributed by atoms with Crippen LogP contribution in [0.1, 0.15) is 114 Å². The molecule has 0 aliphatic carbocycles. The van der Waals surface area contributed by atoms with Crippen molar-refractivity contribution in [3.8, 4) is 0 Å². The summed E-state index contributed by atoms with van der Waals surface area (Å²) in [6, 6.07) is -0.0416. The Morgan fingerprint density at radius 3 is 1.53 bits per heavy atom. The summed E-state index contributed by atoms with van der Waals surface area (Å²) in [4.78, 5) is 64.7. The van der Waals surface area contributed by atoms with Gasteiger partial charge < -0.3 is 40.6 Å². The topological polar surface area (TPSA) is 218 Å². The number of unbranched alkanes of at least 4 members (excludes halogenated alkanes) is 4. The van der Waals surface area contributed by atoms with Gasteiger partial charge in [0.15, 0.2) is 0 Å². The number of nitrogens with zero attached hydrogens (tertiary/aromatic N) is 1. The molecule has 0 rings (SSSR count). The van der Waals surface area contributed by atoms with E-state index in [0.29, 0.717) is 38.9 Å². The highest BCUT2D eigenvalue weighted by atomic mass is 16.6. The second kappa shape index (κ2) is 22.9. The van der Waals surface area contributed by atoms with Gasteiger partial charge in [-0.3, -0.25) is 25.2 Å². The maximum absolute atomic E-state index is 12.2. The highest BCUT2D eigenvalue weighted by Gasteiger charge is 2.23. The van der Waals surface area contributed by atoms with Crippen LogP contribution in [0.3, 0.4) is 0 Å². The van der Waals surface area contributed by atoms with Gasteiger partial charge in [0.25, 0.3) is 11.8 Å². The minimum Gasteiger partial charge on any atom is -0.444 e. The van der Waals surface area contributed by atoms with Gasteiger partial charge in [-0.05, 0) is 114 Å². The quantitative estimate of drug-likeness (QED) is 0.0364. The summed E-state index contributed by atoms with van der Waals surface area (Å²) in [6.07, 6.45) is 1.14. The number of rotatable bonds is 18. The Labute approximate surface area is 292 Å². The Hall–Kier alpha value is -3.66. The molecule has 0 saturated carbocycles. The van der Waals surface area contributed by atoms with Crippen molar-refractivity contribution in [2.75, 3.05) is 32.7 Å². The third kappa shape index (κ3) is 27.9. The van der Waals surface area contributed by atoms with E-state index in [-0.39, 0.29) is 18.5 Å². The molecule has 16 nitrogen and oxygen atoms in total. The number of alkyl carbamates (subject to hydrolysis) is 3. The smallest absolute Gasteiger partial charge is 0.414 e. The lowest BCUT2D eigenvalue weighted by Gasteiger charge is -2.22. The zero-order chi connectivity index (χ0) is 37.7. The molecule has 0 aliphatic rings. The fourth-order valence-corrected chi connectivity index (χ4v) is 3.83. The third-order valence-electron chi connectivity index (χ3n) is 5.99. The Balaban J connectivity index is 4.20. The second-order valence-electron chi connectivity index (χ2n) is 14.7. The molecule has 284 valence electrons. The van der Waals surface area contributed by atoms with Gasteiger partial charge in [-0.15, -0.1) is 0 Å². The van der Waals surface area contributed by atoms with Gasteiger partial charge in [-0.25, -0.2) is 14.4 Å². The first-order valence-electron chi connectivity index (χ1n) is 17.1. The summed E-state index contributed by atoms with van der Waals surface area (Å²) in [5.74, 6) is -1.60. The first kappa shape index (κ1) is 45.3. The van der Waals surface area contributed by atoms with Gasteiger partial charge >= 0.3 is 18.3 Å². The number of guanidine groups is 1. The van der Waals surface area contributed by atoms with Gasteiger partial charge in [0.1, 0.15) is 16.8 Å². The normalized spacial score (nSPS) is 12.9. The van der Waals surface area contributed by atoms with Crippen LogP contribution in [0.4, 0.5) is 14.4 Å². The number of aliphatic imine (C=N–C) groups is 1. The van der Waals surface area contributed by atoms with E-state index in [1.54, 1.807) is 41.5 Å². The molecule has 0 spiro atoms. The fraction of sp³-hybridized carbons (Fsp3) is 0.818. The highest BCUT2D eigenvalue weighted by Crippen LogP contribution is 2.09. The average Bonchev–Trinajstić information content (AvgIpc) is 2.91. The van der Waals surface area contributed by atoms with Gasteiger partial charge in [-0.2, -0.15) is 0 Å². The Morgan fingerprint density at radius 1 is 0.612 bits per heavy atom. The average molecular weight is 702 g/mol. The molecule has 0 aromatic rings. The van der Waals surface area contributed by atoms with E-state index in [2.05, 4.69) is 36.9 Å². The fourth-order valence-electron chi connectivity index (χ4n) is 3.83. The van der Waals surface area contributed by atoms with Crippen LogP contribution in [0.2, 0.25) is 0 Å². The van der Waals surface area contributed by atoms with Gasteiger partial charge in [-0.1, -0.05) is 12.8 Å². The zero-order valence-corrected chi connectivity index (χ0v) is 31.3. The summed E-state index contributed by atoms with van der Waals surface area (Å²) in [6.45, 7) is 20.0. The van der Waals surface area contributed by atoms with Crippen LogP contribution in [0.5, 0.6) is 0 Å². The van der Waals surface area contributed by atoms with Crippen molar-refractivity contribution in [1.82, 2.24) is 31.9 Å². The lowest BCUT2D eigenvalue weighted by Crippen LogP contribution is -2.47. The largest absolute Gasteiger partial charge is 0.444 e. The predicted octanol–water partition coefficient (Wildman–Crippen LogP) is 3.22. The van der Waals surface area contributed by atoms with E-state index in [9.17, 15) is 29.1 Å². The van der Waals surface area contributed by atoms with Crippen molar-refractivity contribution < 1.29 is 43.3 Å². The minimum atomic E-state index is -1.79. The van der Waals surface area contributed by atoms with Crippen LogP contribution in [0, 0.1) is 0 Å². The summed E-state index contributed by atoms with van der Waals surface area (Å²) in [5, 5.41) is 26.1. The van der Waals surface area contributed by atoms with E-state index in [4.69, 9.17) is 14.2 Å². The lowest BCUT2D eigenvalue weighted by molar-refractivity contribution is -0.141. The second-order valence-corrected chi connectivity index (χ2v) is 14.7. The molecule has 0 aliphatic heterocycles. The summed E-state index contributed by atoms with van der Waals surface area (Å²) < 4.78 is 15.7. The Kier molecular flexibility index (Phi) is 21.2. The predicted molar refractivity (Wildman–Crippen MR) is 187 cm³/mol. The lowest BCUT2D eigenvalue weighted by atomic mass is 10.2. The first-order chi connectivity index (χ1) is 22.6. The zero-order valence-electron chi connectivity index (χ0n) is 31.3. The van der Waals surface area contributed by atoms with E-state index >= 15 is 0 Å². The van der Waals surface area contributed by atoms with Crippen molar-refractivity contribution in [1.29, 1.82) is 0 Å². The number of aliphatic hydroxyl groups excluding tert-OH is 1. The van der Waals surface area contributed by atoms with Crippen molar-refractivity contribution in [3.05, 3.63) is 0 Å². The van der Waals surface area contributed by atoms with Crippen LogP contribution < -0.4 is 31.9 Å². The molecule has 49 heavy (non-hydrogen) atoms. The van der Waals surface area contributed by atoms with E-state index in [0.717, 1.165) is 32.2 Å². The number of hydrogen-bond donors (Lipinski definition) is 7. The minimum absolute atomic E-state index is 0.0416. The molecule has 7 N–H and O–H groups in total. The maximum Gasteiger partial charge on any atom is 0.414 e. The number of amides is 5. The van der Waals surface area contributed by atoms with E-state index in [1.807, 2.05) is 27.7 Å². The maximum atomic E-state index is 12.2. The van der Waals surface area contributed by atoms with Gasteiger partial charge in [0.05, 0.1) is 0 Å². The molecule has 0 bridgehead atoms. The van der Waals surface area contributed by atoms with Crippen molar-refractivity contribution >= 4 is 36.1 Å². The molecular weight excluding hydrogens is 638 g/mol. The first-order valence-corrected chi connectivity index (χ1v) is 17.1. The molecule has 0 heterocycles. The molecule has 2 unspecified atom stereocenters. The third-order valence-corrected chi connectivity index (χ3v) is 5.99. The molecule has 0 saturated heterocycles. The van der Waals surface area contributed by atoms with Crippen LogP contribution in [0.25, 0.3) is 0 Å². The molecule has 5 amide bonds. The standard InChI is InChI=1S/C33H63N7O9/c1-23(38-28(44)47-31(2,3)4)17-22-34-18-15-16-20-36-26(43)24(41)25(42)35-19-13-11-12-14-21-37-27(39-29(45)48-32(5,6)7)40-30(46)49-33(8,9)10/h23-24,34,41H,11-22H2,1-10H3,(H,35,42)(H,36,43)(H,38,44)(H2,37,39,40,45,46). The highest BCUT2D eigenvalue weighted by molar-refractivity contribution is 6.03. The number of aliphatic hydroxyl groups is 1. The van der Waals surface area contributed by atoms with Gasteiger partial charge in [0.2, 0.25) is 12.1 Å². The molecular formula is C33H63N7O9. The molecule has 0 aromatic heterocycles. The van der Waals surface area contributed by atoms with Crippen molar-refractivity contribution in [3.63, 3.8) is 0 Å². The number of nitrogens with one attached hydrogen (secondary N) is 6. The van der Waals surface area contributed by atoms with Crippen LogP contribution in [-0.4, -0.2) is 103 Å². The summed E-state index contributed by atoms with van der Waals surface area (Å²) in [5.41, 5.74) is -2.01. The van der Waals surface area contributed by atoms with Crippen molar-refractivity contribution in [2.45, 2.75) is 143 Å². The van der Waals surface area contributed by atoms with Crippen LogP contribution >= 0.6 is 0 Å². The van der Waals surface area contributed by atoms with Crippen LogP contribution in [-0.2, 0) is 23.8 Å². The molecule has 2 atom stereocenters. The van der Waals surface area contributed by atoms with E-state index < -0.39 is 53.0 Å².